The molecule has 1 N–H and O–H groups in total. The molecular formula is C22H19F3N2O4. The van der Waals surface area contributed by atoms with Gasteiger partial charge in [-0.15, -0.1) is 0 Å². The third-order valence-corrected chi connectivity index (χ3v) is 4.33. The fourth-order valence-corrected chi connectivity index (χ4v) is 2.95. The second-order valence-corrected chi connectivity index (χ2v) is 6.42. The van der Waals surface area contributed by atoms with Crippen molar-refractivity contribution < 1.29 is 32.2 Å². The molecule has 2 aromatic carbocycles. The van der Waals surface area contributed by atoms with Gasteiger partial charge in [0.1, 0.15) is 5.56 Å². The summed E-state index contributed by atoms with van der Waals surface area (Å²) in [5.74, 6) is -1.27. The number of nitrogens with one attached hydrogen (secondary N) is 1. The third kappa shape index (κ3) is 4.93. The van der Waals surface area contributed by atoms with Crippen LogP contribution in [0.4, 0.5) is 24.5 Å². The molecule has 31 heavy (non-hydrogen) atoms. The van der Waals surface area contributed by atoms with Gasteiger partial charge >= 0.3 is 18.1 Å². The number of pyridine rings is 1. The van der Waals surface area contributed by atoms with Crippen molar-refractivity contribution in [2.24, 2.45) is 0 Å². The molecule has 3 rings (SSSR count). The summed E-state index contributed by atoms with van der Waals surface area (Å²) in [6.45, 7) is 3.57. The summed E-state index contributed by atoms with van der Waals surface area (Å²) in [7, 11) is 0. The quantitative estimate of drug-likeness (QED) is 0.529. The Hall–Kier alpha value is -3.62. The first-order chi connectivity index (χ1) is 14.7. The predicted octanol–water partition coefficient (Wildman–Crippen LogP) is 5.35. The van der Waals surface area contributed by atoms with Crippen LogP contribution in [0.1, 0.15) is 40.1 Å². The first kappa shape index (κ1) is 22.1. The number of hydrogen-bond donors (Lipinski definition) is 1. The highest BCUT2D eigenvalue weighted by Gasteiger charge is 2.30. The zero-order chi connectivity index (χ0) is 22.6. The van der Waals surface area contributed by atoms with Crippen molar-refractivity contribution in [2.45, 2.75) is 20.0 Å². The molecule has 1 heterocycles. The fraction of sp³-hybridized carbons (Fsp3) is 0.227. The lowest BCUT2D eigenvalue weighted by Gasteiger charge is -2.16. The van der Waals surface area contributed by atoms with Crippen molar-refractivity contribution in [3.63, 3.8) is 0 Å². The van der Waals surface area contributed by atoms with Crippen molar-refractivity contribution in [3.05, 3.63) is 65.4 Å². The van der Waals surface area contributed by atoms with E-state index in [9.17, 15) is 22.8 Å². The molecule has 0 amide bonds. The van der Waals surface area contributed by atoms with Gasteiger partial charge in [-0.25, -0.2) is 9.59 Å². The second-order valence-electron chi connectivity index (χ2n) is 6.42. The summed E-state index contributed by atoms with van der Waals surface area (Å²) in [5, 5.41) is 3.23. The van der Waals surface area contributed by atoms with Crippen molar-refractivity contribution in [1.82, 2.24) is 4.98 Å². The van der Waals surface area contributed by atoms with Gasteiger partial charge in [0.15, 0.2) is 0 Å². The number of ether oxygens (including phenoxy) is 2. The molecule has 3 aromatic rings. The lowest BCUT2D eigenvalue weighted by Crippen LogP contribution is -2.11. The van der Waals surface area contributed by atoms with Crippen LogP contribution in [-0.4, -0.2) is 30.1 Å². The molecule has 0 radical (unpaired) electrons. The molecule has 0 spiro atoms. The summed E-state index contributed by atoms with van der Waals surface area (Å²) in [4.78, 5) is 28.8. The molecule has 1 aromatic heterocycles. The molecule has 0 aliphatic carbocycles. The molecule has 0 saturated carbocycles. The highest BCUT2D eigenvalue weighted by molar-refractivity contribution is 6.07. The average Bonchev–Trinajstić information content (AvgIpc) is 2.73. The van der Waals surface area contributed by atoms with E-state index >= 15 is 0 Å². The van der Waals surface area contributed by atoms with Gasteiger partial charge in [0.25, 0.3) is 0 Å². The Kier molecular flexibility index (Phi) is 6.43. The second kappa shape index (κ2) is 9.03. The molecule has 0 bridgehead atoms. The van der Waals surface area contributed by atoms with Gasteiger partial charge < -0.3 is 14.8 Å². The number of hydrogen-bond acceptors (Lipinski definition) is 6. The molecule has 0 unspecified atom stereocenters. The van der Waals surface area contributed by atoms with Crippen LogP contribution >= 0.6 is 0 Å². The minimum atomic E-state index is -4.53. The highest BCUT2D eigenvalue weighted by atomic mass is 19.4. The number of fused-ring (bicyclic) bond motifs is 1. The van der Waals surface area contributed by atoms with E-state index in [-0.39, 0.29) is 35.7 Å². The van der Waals surface area contributed by atoms with Gasteiger partial charge in [0, 0.05) is 17.3 Å². The number of anilines is 2. The molecule has 162 valence electrons. The largest absolute Gasteiger partial charge is 0.462 e. The summed E-state index contributed by atoms with van der Waals surface area (Å²) >= 11 is 0. The molecule has 9 heteroatoms. The van der Waals surface area contributed by atoms with Crippen LogP contribution in [0.25, 0.3) is 10.9 Å². The maximum atomic E-state index is 13.1. The van der Waals surface area contributed by atoms with Crippen LogP contribution in [0.2, 0.25) is 0 Å². The van der Waals surface area contributed by atoms with E-state index in [1.807, 2.05) is 0 Å². The lowest BCUT2D eigenvalue weighted by atomic mass is 10.1. The van der Waals surface area contributed by atoms with Gasteiger partial charge in [0.05, 0.1) is 35.5 Å². The smallest absolute Gasteiger partial charge is 0.416 e. The Balaban J connectivity index is 2.17. The topological polar surface area (TPSA) is 77.5 Å². The van der Waals surface area contributed by atoms with Crippen molar-refractivity contribution >= 4 is 34.2 Å². The number of esters is 2. The molecule has 0 aliphatic heterocycles. The maximum absolute atomic E-state index is 13.1. The zero-order valence-electron chi connectivity index (χ0n) is 16.7. The van der Waals surface area contributed by atoms with E-state index in [0.717, 1.165) is 12.1 Å². The standard InChI is InChI=1S/C22H19F3N2O4/c1-3-30-20(28)13-8-9-18-16(10-13)19(17(12-26-18)21(29)31-4-2)27-15-7-5-6-14(11-15)22(23,24)25/h5-12H,3-4H2,1-2H3,(H,26,27). The number of alkyl halides is 3. The first-order valence-corrected chi connectivity index (χ1v) is 9.45. The number of nitrogens with zero attached hydrogens (tertiary/aromatic N) is 1. The Morgan fingerprint density at radius 3 is 2.39 bits per heavy atom. The van der Waals surface area contributed by atoms with Crippen molar-refractivity contribution in [1.29, 1.82) is 0 Å². The Labute approximate surface area is 176 Å². The molecule has 6 nitrogen and oxygen atoms in total. The van der Waals surface area contributed by atoms with E-state index in [4.69, 9.17) is 9.47 Å². The first-order valence-electron chi connectivity index (χ1n) is 9.45. The monoisotopic (exact) mass is 432 g/mol. The van der Waals surface area contributed by atoms with Crippen LogP contribution in [0, 0.1) is 0 Å². The molecular weight excluding hydrogens is 413 g/mol. The van der Waals surface area contributed by atoms with E-state index < -0.39 is 23.7 Å². The normalized spacial score (nSPS) is 11.3. The minimum absolute atomic E-state index is 0.0211. The van der Waals surface area contributed by atoms with E-state index in [0.29, 0.717) is 10.9 Å². The number of halogens is 3. The number of benzene rings is 2. The van der Waals surface area contributed by atoms with E-state index in [1.165, 1.54) is 30.5 Å². The number of carbonyl (C=O) groups is 2. The van der Waals surface area contributed by atoms with Crippen LogP contribution in [0.3, 0.4) is 0 Å². The summed E-state index contributed by atoms with van der Waals surface area (Å²) in [5.41, 5.74) is 0.0942. The van der Waals surface area contributed by atoms with E-state index in [2.05, 4.69) is 10.3 Å². The van der Waals surface area contributed by atoms with Gasteiger partial charge in [-0.3, -0.25) is 4.98 Å². The Morgan fingerprint density at radius 1 is 1.00 bits per heavy atom. The average molecular weight is 432 g/mol. The van der Waals surface area contributed by atoms with Gasteiger partial charge in [-0.05, 0) is 50.2 Å². The minimum Gasteiger partial charge on any atom is -0.462 e. The number of aromatic nitrogens is 1. The lowest BCUT2D eigenvalue weighted by molar-refractivity contribution is -0.137. The maximum Gasteiger partial charge on any atom is 0.416 e. The third-order valence-electron chi connectivity index (χ3n) is 4.33. The van der Waals surface area contributed by atoms with Crippen LogP contribution in [-0.2, 0) is 15.7 Å². The molecule has 0 saturated heterocycles. The Bertz CT molecular complexity index is 1120. The number of rotatable bonds is 6. The van der Waals surface area contributed by atoms with Crippen LogP contribution in [0.15, 0.2) is 48.7 Å². The predicted molar refractivity (Wildman–Crippen MR) is 108 cm³/mol. The van der Waals surface area contributed by atoms with E-state index in [1.54, 1.807) is 19.9 Å². The zero-order valence-corrected chi connectivity index (χ0v) is 16.7. The van der Waals surface area contributed by atoms with Gasteiger partial charge in [0.2, 0.25) is 0 Å². The number of carbonyl (C=O) groups excluding carboxylic acids is 2. The summed E-state index contributed by atoms with van der Waals surface area (Å²) < 4.78 is 49.4. The Morgan fingerprint density at radius 2 is 1.71 bits per heavy atom. The van der Waals surface area contributed by atoms with Gasteiger partial charge in [-0.1, -0.05) is 6.07 Å². The van der Waals surface area contributed by atoms with Crippen LogP contribution < -0.4 is 5.32 Å². The molecule has 0 atom stereocenters. The highest BCUT2D eigenvalue weighted by Crippen LogP contribution is 2.34. The molecule has 0 fully saturated rings. The summed E-state index contributed by atoms with van der Waals surface area (Å²) in [6, 6.07) is 9.11. The van der Waals surface area contributed by atoms with Gasteiger partial charge in [-0.2, -0.15) is 13.2 Å². The fourth-order valence-electron chi connectivity index (χ4n) is 2.95. The van der Waals surface area contributed by atoms with Crippen molar-refractivity contribution in [2.75, 3.05) is 18.5 Å². The van der Waals surface area contributed by atoms with Crippen molar-refractivity contribution in [3.8, 4) is 0 Å². The SMILES string of the molecule is CCOC(=O)c1ccc2ncc(C(=O)OCC)c(Nc3cccc(C(F)(F)F)c3)c2c1. The molecule has 0 aliphatic rings. The summed E-state index contributed by atoms with van der Waals surface area (Å²) in [6.07, 6.45) is -3.25. The van der Waals surface area contributed by atoms with Crippen LogP contribution in [0.5, 0.6) is 0 Å².